The predicted molar refractivity (Wildman–Crippen MR) is 103 cm³/mol. The van der Waals surface area contributed by atoms with Crippen molar-refractivity contribution >= 4 is 5.91 Å². The fourth-order valence-electron chi connectivity index (χ4n) is 3.62. The van der Waals surface area contributed by atoms with Crippen molar-refractivity contribution in [2.45, 2.75) is 31.7 Å². The molecule has 27 heavy (non-hydrogen) atoms. The van der Waals surface area contributed by atoms with E-state index in [1.165, 1.54) is 25.0 Å². The van der Waals surface area contributed by atoms with E-state index in [-0.39, 0.29) is 23.1 Å². The first-order chi connectivity index (χ1) is 13.2. The number of hydrogen-bond donors (Lipinski definition) is 1. The van der Waals surface area contributed by atoms with Crippen molar-refractivity contribution in [3.05, 3.63) is 71.0 Å². The lowest BCUT2D eigenvalue weighted by molar-refractivity contribution is 0.0932. The smallest absolute Gasteiger partial charge is 0.251 e. The van der Waals surface area contributed by atoms with Crippen LogP contribution in [0.25, 0.3) is 0 Å². The standard InChI is InChI=1S/C22H24FN3O/c23-20-13-17(15-24)12-19(14-20)22(27)25-16-21(18-8-4-3-5-9-18)26-10-6-1-2-7-11-26/h3-5,8-9,12-14,21H,1-2,6-7,10-11,16H2,(H,25,27)/t21-/m1/s1. The molecule has 0 saturated carbocycles. The number of carbonyl (C=O) groups excluding carboxylic acids is 1. The molecule has 1 atom stereocenters. The van der Waals surface area contributed by atoms with Gasteiger partial charge in [-0.3, -0.25) is 9.69 Å². The van der Waals surface area contributed by atoms with Crippen LogP contribution in [0, 0.1) is 17.1 Å². The van der Waals surface area contributed by atoms with Gasteiger partial charge in [0.2, 0.25) is 0 Å². The number of nitrogens with zero attached hydrogens (tertiary/aromatic N) is 2. The number of carbonyl (C=O) groups is 1. The maximum atomic E-state index is 13.6. The molecule has 5 heteroatoms. The highest BCUT2D eigenvalue weighted by Crippen LogP contribution is 2.24. The number of nitrogens with one attached hydrogen (secondary N) is 1. The minimum absolute atomic E-state index is 0.0808. The maximum absolute atomic E-state index is 13.6. The summed E-state index contributed by atoms with van der Waals surface area (Å²) < 4.78 is 13.6. The topological polar surface area (TPSA) is 56.1 Å². The van der Waals surface area contributed by atoms with Crippen LogP contribution in [0.3, 0.4) is 0 Å². The lowest BCUT2D eigenvalue weighted by atomic mass is 10.0. The Morgan fingerprint density at radius 3 is 2.48 bits per heavy atom. The molecular weight excluding hydrogens is 341 g/mol. The summed E-state index contributed by atoms with van der Waals surface area (Å²) in [7, 11) is 0. The van der Waals surface area contributed by atoms with Crippen LogP contribution >= 0.6 is 0 Å². The Balaban J connectivity index is 1.75. The van der Waals surface area contributed by atoms with E-state index in [4.69, 9.17) is 5.26 Å². The van der Waals surface area contributed by atoms with Gasteiger partial charge in [0, 0.05) is 12.1 Å². The van der Waals surface area contributed by atoms with Crippen molar-refractivity contribution in [3.63, 3.8) is 0 Å². The summed E-state index contributed by atoms with van der Waals surface area (Å²) in [5.41, 5.74) is 1.48. The van der Waals surface area contributed by atoms with Crippen LogP contribution in [0.5, 0.6) is 0 Å². The molecule has 4 nitrogen and oxygen atoms in total. The molecule has 1 amide bonds. The summed E-state index contributed by atoms with van der Waals surface area (Å²) in [6.45, 7) is 2.46. The lowest BCUT2D eigenvalue weighted by Gasteiger charge is -2.31. The highest BCUT2D eigenvalue weighted by Gasteiger charge is 2.22. The first kappa shape index (κ1) is 19.1. The zero-order chi connectivity index (χ0) is 19.1. The van der Waals surface area contributed by atoms with Gasteiger partial charge < -0.3 is 5.32 Å². The maximum Gasteiger partial charge on any atom is 0.251 e. The molecule has 2 aromatic carbocycles. The second kappa shape index (κ2) is 9.29. The van der Waals surface area contributed by atoms with E-state index in [1.54, 1.807) is 0 Å². The van der Waals surface area contributed by atoms with Crippen LogP contribution in [0.4, 0.5) is 4.39 Å². The zero-order valence-electron chi connectivity index (χ0n) is 15.3. The summed E-state index contributed by atoms with van der Waals surface area (Å²) in [5, 5.41) is 11.9. The molecule has 2 aromatic rings. The number of nitriles is 1. The third kappa shape index (κ3) is 5.15. The van der Waals surface area contributed by atoms with Crippen LogP contribution < -0.4 is 5.32 Å². The Hall–Kier alpha value is -2.71. The number of rotatable bonds is 5. The van der Waals surface area contributed by atoms with Crippen molar-refractivity contribution < 1.29 is 9.18 Å². The second-order valence-corrected chi connectivity index (χ2v) is 6.93. The van der Waals surface area contributed by atoms with Gasteiger partial charge in [-0.2, -0.15) is 5.26 Å². The van der Waals surface area contributed by atoms with Gasteiger partial charge in [0.1, 0.15) is 5.82 Å². The molecule has 1 aliphatic rings. The van der Waals surface area contributed by atoms with Crippen LogP contribution in [-0.4, -0.2) is 30.4 Å². The summed E-state index contributed by atoms with van der Waals surface area (Å²) in [6, 6.07) is 15.8. The van der Waals surface area contributed by atoms with E-state index in [2.05, 4.69) is 22.3 Å². The average molecular weight is 365 g/mol. The first-order valence-electron chi connectivity index (χ1n) is 9.45. The largest absolute Gasteiger partial charge is 0.350 e. The summed E-state index contributed by atoms with van der Waals surface area (Å²) >= 11 is 0. The molecule has 0 unspecified atom stereocenters. The monoisotopic (exact) mass is 365 g/mol. The van der Waals surface area contributed by atoms with E-state index in [0.717, 1.165) is 37.6 Å². The van der Waals surface area contributed by atoms with Gasteiger partial charge in [-0.1, -0.05) is 43.2 Å². The molecule has 3 rings (SSSR count). The van der Waals surface area contributed by atoms with E-state index in [9.17, 15) is 9.18 Å². The van der Waals surface area contributed by atoms with Gasteiger partial charge >= 0.3 is 0 Å². The number of amides is 1. The van der Waals surface area contributed by atoms with Crippen molar-refractivity contribution in [2.24, 2.45) is 0 Å². The zero-order valence-corrected chi connectivity index (χ0v) is 15.3. The minimum Gasteiger partial charge on any atom is -0.350 e. The number of likely N-dealkylation sites (tertiary alicyclic amines) is 1. The Kier molecular flexibility index (Phi) is 6.56. The van der Waals surface area contributed by atoms with Crippen LogP contribution in [0.15, 0.2) is 48.5 Å². The van der Waals surface area contributed by atoms with Crippen molar-refractivity contribution in [2.75, 3.05) is 19.6 Å². The Bertz CT molecular complexity index is 808. The van der Waals surface area contributed by atoms with Gasteiger partial charge in [0.05, 0.1) is 17.7 Å². The van der Waals surface area contributed by atoms with Gasteiger partial charge in [-0.25, -0.2) is 4.39 Å². The van der Waals surface area contributed by atoms with Crippen LogP contribution in [0.2, 0.25) is 0 Å². The van der Waals surface area contributed by atoms with Crippen molar-refractivity contribution in [3.8, 4) is 6.07 Å². The molecular formula is C22H24FN3O. The van der Waals surface area contributed by atoms with E-state index in [0.29, 0.717) is 6.54 Å². The highest BCUT2D eigenvalue weighted by molar-refractivity contribution is 5.94. The molecule has 1 aliphatic heterocycles. The van der Waals surface area contributed by atoms with Gasteiger partial charge in [-0.15, -0.1) is 0 Å². The highest BCUT2D eigenvalue weighted by atomic mass is 19.1. The molecule has 1 fully saturated rings. The predicted octanol–water partition coefficient (Wildman–Crippen LogP) is 4.04. The summed E-state index contributed by atoms with van der Waals surface area (Å²) in [6.07, 6.45) is 4.80. The summed E-state index contributed by atoms with van der Waals surface area (Å²) in [5.74, 6) is -0.937. The van der Waals surface area contributed by atoms with E-state index in [1.807, 2.05) is 24.3 Å². The Morgan fingerprint density at radius 2 is 1.81 bits per heavy atom. The molecule has 0 bridgehead atoms. The quantitative estimate of drug-likeness (QED) is 0.870. The molecule has 0 spiro atoms. The third-order valence-electron chi connectivity index (χ3n) is 5.01. The number of benzene rings is 2. The summed E-state index contributed by atoms with van der Waals surface area (Å²) in [4.78, 5) is 15.0. The molecule has 1 N–H and O–H groups in total. The Labute approximate surface area is 159 Å². The van der Waals surface area contributed by atoms with Crippen molar-refractivity contribution in [1.29, 1.82) is 5.26 Å². The third-order valence-corrected chi connectivity index (χ3v) is 5.01. The fourth-order valence-corrected chi connectivity index (χ4v) is 3.62. The van der Waals surface area contributed by atoms with Crippen molar-refractivity contribution in [1.82, 2.24) is 10.2 Å². The van der Waals surface area contributed by atoms with E-state index >= 15 is 0 Å². The molecule has 0 aromatic heterocycles. The Morgan fingerprint density at radius 1 is 1.11 bits per heavy atom. The van der Waals surface area contributed by atoms with Gasteiger partial charge in [0.15, 0.2) is 0 Å². The average Bonchev–Trinajstić information content (AvgIpc) is 2.98. The lowest BCUT2D eigenvalue weighted by Crippen LogP contribution is -2.38. The normalized spacial score (nSPS) is 16.1. The van der Waals surface area contributed by atoms with Crippen LogP contribution in [-0.2, 0) is 0 Å². The molecule has 0 aliphatic carbocycles. The van der Waals surface area contributed by atoms with Gasteiger partial charge in [-0.05, 0) is 49.7 Å². The SMILES string of the molecule is N#Cc1cc(F)cc(C(=O)NC[C@H](c2ccccc2)N2CCCCCC2)c1. The molecule has 1 saturated heterocycles. The number of hydrogen-bond acceptors (Lipinski definition) is 3. The first-order valence-corrected chi connectivity index (χ1v) is 9.45. The minimum atomic E-state index is -0.577. The molecule has 0 radical (unpaired) electrons. The number of halogens is 1. The molecule has 1 heterocycles. The fraction of sp³-hybridized carbons (Fsp3) is 0.364. The van der Waals surface area contributed by atoms with Crippen LogP contribution in [0.1, 0.15) is 53.2 Å². The second-order valence-electron chi connectivity index (χ2n) is 6.93. The molecule has 140 valence electrons. The van der Waals surface area contributed by atoms with E-state index < -0.39 is 5.82 Å². The van der Waals surface area contributed by atoms with Gasteiger partial charge in [0.25, 0.3) is 5.91 Å².